The van der Waals surface area contributed by atoms with E-state index in [1.807, 2.05) is 0 Å². The fraction of sp³-hybridized carbons (Fsp3) is 0.333. The highest BCUT2D eigenvalue weighted by Crippen LogP contribution is 2.27. The van der Waals surface area contributed by atoms with Gasteiger partial charge in [0.1, 0.15) is 9.77 Å². The van der Waals surface area contributed by atoms with Gasteiger partial charge in [0.25, 0.3) is 0 Å². The predicted octanol–water partition coefficient (Wildman–Crippen LogP) is 1.06. The van der Waals surface area contributed by atoms with Crippen LogP contribution >= 0.6 is 11.3 Å². The summed E-state index contributed by atoms with van der Waals surface area (Å²) in [6, 6.07) is 1.71. The normalized spacial score (nSPS) is 11.6. The molecule has 0 bridgehead atoms. The molecule has 0 aliphatic rings. The van der Waals surface area contributed by atoms with Crippen molar-refractivity contribution in [3.63, 3.8) is 0 Å². The highest BCUT2D eigenvalue weighted by atomic mass is 32.2. The van der Waals surface area contributed by atoms with E-state index >= 15 is 0 Å². The number of nitrogens with zero attached hydrogens (tertiary/aromatic N) is 2. The lowest BCUT2D eigenvalue weighted by Crippen LogP contribution is -2.26. The van der Waals surface area contributed by atoms with Crippen molar-refractivity contribution in [2.45, 2.75) is 18.4 Å². The Morgan fingerprint density at radius 3 is 2.81 bits per heavy atom. The molecule has 0 saturated heterocycles. The van der Waals surface area contributed by atoms with Crippen LogP contribution in [-0.2, 0) is 28.4 Å². The van der Waals surface area contributed by atoms with Crippen LogP contribution in [0.3, 0.4) is 0 Å². The van der Waals surface area contributed by atoms with E-state index in [0.717, 1.165) is 11.3 Å². The molecule has 0 spiro atoms. The number of hydrogen-bond donors (Lipinski definition) is 1. The molecule has 0 saturated carbocycles. The lowest BCUT2D eigenvalue weighted by atomic mass is 10.3. The zero-order valence-electron chi connectivity index (χ0n) is 11.8. The van der Waals surface area contributed by atoms with Crippen molar-refractivity contribution >= 4 is 27.3 Å². The van der Waals surface area contributed by atoms with Crippen LogP contribution in [0.25, 0.3) is 0 Å². The summed E-state index contributed by atoms with van der Waals surface area (Å²) in [5.41, 5.74) is 1.23. The molecule has 0 aliphatic carbocycles. The average Bonchev–Trinajstić information content (AvgIpc) is 3.02. The Hall–Kier alpha value is -1.71. The van der Waals surface area contributed by atoms with Gasteiger partial charge in [-0.05, 0) is 23.9 Å². The van der Waals surface area contributed by atoms with Crippen LogP contribution in [0.5, 0.6) is 0 Å². The quantitative estimate of drug-likeness (QED) is 0.828. The van der Waals surface area contributed by atoms with Crippen LogP contribution in [0.4, 0.5) is 0 Å². The molecule has 2 aromatic rings. The number of carbonyl (C=O) groups excluding carboxylic acids is 1. The Balaban J connectivity index is 2.30. The van der Waals surface area contributed by atoms with Crippen molar-refractivity contribution in [3.05, 3.63) is 33.8 Å². The number of thiophene rings is 1. The second kappa shape index (κ2) is 5.96. The monoisotopic (exact) mass is 329 g/mol. The SMILES string of the molecule is COC(=O)c1scc(C)c1S(=O)(=O)NCc1ccnn1C. The molecule has 2 rings (SSSR count). The zero-order valence-corrected chi connectivity index (χ0v) is 13.4. The fourth-order valence-corrected chi connectivity index (χ4v) is 4.52. The summed E-state index contributed by atoms with van der Waals surface area (Å²) in [7, 11) is -0.867. The minimum Gasteiger partial charge on any atom is -0.465 e. The fourth-order valence-electron chi connectivity index (χ4n) is 1.82. The Labute approximate surface area is 126 Å². The molecule has 0 unspecified atom stereocenters. The predicted molar refractivity (Wildman–Crippen MR) is 77.6 cm³/mol. The van der Waals surface area contributed by atoms with Crippen LogP contribution in [0.15, 0.2) is 22.5 Å². The van der Waals surface area contributed by atoms with Crippen LogP contribution in [-0.4, -0.2) is 31.3 Å². The van der Waals surface area contributed by atoms with Gasteiger partial charge in [0.05, 0.1) is 19.3 Å². The Morgan fingerprint density at radius 2 is 2.24 bits per heavy atom. The molecule has 114 valence electrons. The molecule has 0 amide bonds. The van der Waals surface area contributed by atoms with E-state index in [0.29, 0.717) is 11.3 Å². The van der Waals surface area contributed by atoms with Gasteiger partial charge in [-0.15, -0.1) is 11.3 Å². The minimum absolute atomic E-state index is 0.0264. The molecule has 0 aromatic carbocycles. The summed E-state index contributed by atoms with van der Waals surface area (Å²) < 4.78 is 33.5. The highest BCUT2D eigenvalue weighted by Gasteiger charge is 2.27. The smallest absolute Gasteiger partial charge is 0.349 e. The second-order valence-electron chi connectivity index (χ2n) is 4.34. The van der Waals surface area contributed by atoms with Gasteiger partial charge >= 0.3 is 5.97 Å². The lowest BCUT2D eigenvalue weighted by Gasteiger charge is -2.08. The van der Waals surface area contributed by atoms with E-state index < -0.39 is 16.0 Å². The number of aryl methyl sites for hydroxylation is 2. The van der Waals surface area contributed by atoms with Gasteiger partial charge in [-0.25, -0.2) is 17.9 Å². The molecule has 0 radical (unpaired) electrons. The molecule has 0 aliphatic heterocycles. The topological polar surface area (TPSA) is 90.3 Å². The van der Waals surface area contributed by atoms with Gasteiger partial charge in [0, 0.05) is 13.2 Å². The molecular formula is C12H15N3O4S2. The second-order valence-corrected chi connectivity index (χ2v) is 6.92. The number of methoxy groups -OCH3 is 1. The van der Waals surface area contributed by atoms with Gasteiger partial charge in [0.15, 0.2) is 0 Å². The van der Waals surface area contributed by atoms with E-state index in [1.165, 1.54) is 7.11 Å². The van der Waals surface area contributed by atoms with Crippen molar-refractivity contribution in [1.82, 2.24) is 14.5 Å². The van der Waals surface area contributed by atoms with Gasteiger partial charge < -0.3 is 4.74 Å². The van der Waals surface area contributed by atoms with Gasteiger partial charge in [0.2, 0.25) is 10.0 Å². The summed E-state index contributed by atoms with van der Waals surface area (Å²) in [5.74, 6) is -0.658. The van der Waals surface area contributed by atoms with E-state index in [1.54, 1.807) is 36.3 Å². The first-order valence-corrected chi connectivity index (χ1v) is 8.36. The van der Waals surface area contributed by atoms with Gasteiger partial charge in [-0.2, -0.15) is 5.10 Å². The molecule has 7 nitrogen and oxygen atoms in total. The standard InChI is InChI=1S/C12H15N3O4S2/c1-8-7-20-10(12(16)19-3)11(8)21(17,18)14-6-9-4-5-13-15(9)2/h4-5,7,14H,6H2,1-3H3. The molecule has 2 aromatic heterocycles. The first-order valence-electron chi connectivity index (χ1n) is 5.99. The van der Waals surface area contributed by atoms with Crippen LogP contribution < -0.4 is 4.72 Å². The van der Waals surface area contributed by atoms with Crippen molar-refractivity contribution in [2.24, 2.45) is 7.05 Å². The third-order valence-corrected chi connectivity index (χ3v) is 5.72. The van der Waals surface area contributed by atoms with Crippen molar-refractivity contribution < 1.29 is 17.9 Å². The van der Waals surface area contributed by atoms with Crippen LogP contribution in [0.1, 0.15) is 20.9 Å². The highest BCUT2D eigenvalue weighted by molar-refractivity contribution is 7.89. The summed E-state index contributed by atoms with van der Waals surface area (Å²) >= 11 is 1.05. The van der Waals surface area contributed by atoms with Crippen LogP contribution in [0, 0.1) is 6.92 Å². The number of aromatic nitrogens is 2. The molecule has 0 fully saturated rings. The van der Waals surface area contributed by atoms with Crippen LogP contribution in [0.2, 0.25) is 0 Å². The number of rotatable bonds is 5. The summed E-state index contributed by atoms with van der Waals surface area (Å²) in [6.45, 7) is 1.73. The molecule has 9 heteroatoms. The average molecular weight is 329 g/mol. The van der Waals surface area contributed by atoms with Crippen molar-refractivity contribution in [1.29, 1.82) is 0 Å². The Kier molecular flexibility index (Phi) is 4.45. The number of nitrogens with one attached hydrogen (secondary N) is 1. The molecule has 2 heterocycles. The number of carbonyl (C=O) groups is 1. The molecule has 0 atom stereocenters. The maximum Gasteiger partial charge on any atom is 0.349 e. The summed E-state index contributed by atoms with van der Waals surface area (Å²) in [4.78, 5) is 11.7. The minimum atomic E-state index is -3.81. The zero-order chi connectivity index (χ0) is 15.6. The summed E-state index contributed by atoms with van der Waals surface area (Å²) in [5, 5.41) is 5.58. The van der Waals surface area contributed by atoms with E-state index in [2.05, 4.69) is 14.6 Å². The maximum absolute atomic E-state index is 12.4. The molecule has 21 heavy (non-hydrogen) atoms. The number of esters is 1. The van der Waals surface area contributed by atoms with E-state index in [-0.39, 0.29) is 16.3 Å². The Bertz CT molecular complexity index is 761. The molecular weight excluding hydrogens is 314 g/mol. The lowest BCUT2D eigenvalue weighted by molar-refractivity contribution is 0.0602. The first-order chi connectivity index (χ1) is 9.86. The van der Waals surface area contributed by atoms with Crippen molar-refractivity contribution in [3.8, 4) is 0 Å². The van der Waals surface area contributed by atoms with Gasteiger partial charge in [-0.3, -0.25) is 4.68 Å². The number of hydrogen-bond acceptors (Lipinski definition) is 6. The maximum atomic E-state index is 12.4. The van der Waals surface area contributed by atoms with Gasteiger partial charge in [-0.1, -0.05) is 0 Å². The van der Waals surface area contributed by atoms with Crippen molar-refractivity contribution in [2.75, 3.05) is 7.11 Å². The first kappa shape index (κ1) is 15.7. The third kappa shape index (κ3) is 3.14. The van der Waals surface area contributed by atoms with E-state index in [4.69, 9.17) is 0 Å². The summed E-state index contributed by atoms with van der Waals surface area (Å²) in [6.07, 6.45) is 1.58. The largest absolute Gasteiger partial charge is 0.465 e. The third-order valence-electron chi connectivity index (χ3n) is 2.92. The Morgan fingerprint density at radius 1 is 1.52 bits per heavy atom. The van der Waals surface area contributed by atoms with E-state index in [9.17, 15) is 13.2 Å². The molecule has 1 N–H and O–H groups in total. The number of sulfonamides is 1. The number of ether oxygens (including phenoxy) is 1.